The van der Waals surface area contributed by atoms with Crippen molar-refractivity contribution in [2.45, 2.75) is 17.9 Å². The average Bonchev–Trinajstić information content (AvgIpc) is 2.74. The van der Waals surface area contributed by atoms with Crippen molar-refractivity contribution in [2.24, 2.45) is 0 Å². The molecule has 3 aromatic rings. The van der Waals surface area contributed by atoms with Crippen molar-refractivity contribution in [3.63, 3.8) is 0 Å². The van der Waals surface area contributed by atoms with Crippen LogP contribution < -0.4 is 13.8 Å². The standard InChI is InChI=1S/C22H22FNO4S/c1-16(17-7-6-8-20(15-17)28-3)24(18-11-13-19(27-2)14-12-18)29(25,26)22-10-5-4-9-21(22)23/h4-16H,1-3H3. The number of nitrogens with zero attached hydrogens (tertiary/aromatic N) is 1. The van der Waals surface area contributed by atoms with Gasteiger partial charge in [0.2, 0.25) is 0 Å². The summed E-state index contributed by atoms with van der Waals surface area (Å²) >= 11 is 0. The zero-order valence-corrected chi connectivity index (χ0v) is 17.2. The first-order chi connectivity index (χ1) is 13.9. The molecule has 0 saturated carbocycles. The summed E-state index contributed by atoms with van der Waals surface area (Å²) in [7, 11) is -1.12. The molecule has 7 heteroatoms. The molecule has 0 heterocycles. The summed E-state index contributed by atoms with van der Waals surface area (Å²) in [6.07, 6.45) is 0. The van der Waals surface area contributed by atoms with Crippen LogP contribution in [0.4, 0.5) is 10.1 Å². The average molecular weight is 415 g/mol. The third-order valence-electron chi connectivity index (χ3n) is 4.63. The van der Waals surface area contributed by atoms with Crippen LogP contribution in [-0.4, -0.2) is 22.6 Å². The molecule has 5 nitrogen and oxygen atoms in total. The molecule has 1 unspecified atom stereocenters. The molecule has 0 aliphatic carbocycles. The lowest BCUT2D eigenvalue weighted by Gasteiger charge is -2.31. The third kappa shape index (κ3) is 4.19. The van der Waals surface area contributed by atoms with Gasteiger partial charge in [-0.05, 0) is 61.0 Å². The van der Waals surface area contributed by atoms with Crippen LogP contribution >= 0.6 is 0 Å². The summed E-state index contributed by atoms with van der Waals surface area (Å²) in [5.41, 5.74) is 1.10. The number of benzene rings is 3. The van der Waals surface area contributed by atoms with Gasteiger partial charge in [-0.3, -0.25) is 4.31 Å². The second kappa shape index (κ2) is 8.53. The molecule has 1 atom stereocenters. The maximum Gasteiger partial charge on any atom is 0.267 e. The predicted octanol–water partition coefficient (Wildman–Crippen LogP) is 4.80. The van der Waals surface area contributed by atoms with Crippen LogP contribution in [0.3, 0.4) is 0 Å². The fourth-order valence-electron chi connectivity index (χ4n) is 3.10. The SMILES string of the molecule is COc1ccc(N(C(C)c2cccc(OC)c2)S(=O)(=O)c2ccccc2F)cc1. The highest BCUT2D eigenvalue weighted by Gasteiger charge is 2.32. The number of anilines is 1. The number of hydrogen-bond donors (Lipinski definition) is 0. The van der Waals surface area contributed by atoms with Crippen LogP contribution in [0.2, 0.25) is 0 Å². The minimum Gasteiger partial charge on any atom is -0.497 e. The Kier molecular flexibility index (Phi) is 6.08. The molecule has 0 bridgehead atoms. The van der Waals surface area contributed by atoms with E-state index in [1.165, 1.54) is 29.6 Å². The smallest absolute Gasteiger partial charge is 0.267 e. The fourth-order valence-corrected chi connectivity index (χ4v) is 4.81. The van der Waals surface area contributed by atoms with Gasteiger partial charge in [-0.25, -0.2) is 12.8 Å². The third-order valence-corrected chi connectivity index (χ3v) is 6.56. The minimum atomic E-state index is -4.19. The van der Waals surface area contributed by atoms with Crippen LogP contribution in [0.1, 0.15) is 18.5 Å². The van der Waals surface area contributed by atoms with E-state index < -0.39 is 21.9 Å². The molecule has 0 saturated heterocycles. The number of hydrogen-bond acceptors (Lipinski definition) is 4. The highest BCUT2D eigenvalue weighted by molar-refractivity contribution is 7.92. The van der Waals surface area contributed by atoms with Gasteiger partial charge in [0.15, 0.2) is 0 Å². The summed E-state index contributed by atoms with van der Waals surface area (Å²) in [5.74, 6) is 0.391. The van der Waals surface area contributed by atoms with Gasteiger partial charge in [-0.15, -0.1) is 0 Å². The van der Waals surface area contributed by atoms with E-state index in [1.54, 1.807) is 62.6 Å². The Morgan fingerprint density at radius 3 is 2.14 bits per heavy atom. The van der Waals surface area contributed by atoms with E-state index in [0.717, 1.165) is 6.07 Å². The van der Waals surface area contributed by atoms with E-state index >= 15 is 0 Å². The Morgan fingerprint density at radius 1 is 0.862 bits per heavy atom. The van der Waals surface area contributed by atoms with Crippen LogP contribution in [0.25, 0.3) is 0 Å². The Bertz CT molecular complexity index is 1080. The topological polar surface area (TPSA) is 55.8 Å². The van der Waals surface area contributed by atoms with Crippen molar-refractivity contribution in [2.75, 3.05) is 18.5 Å². The molecule has 3 rings (SSSR count). The van der Waals surface area contributed by atoms with Gasteiger partial charge in [-0.2, -0.15) is 0 Å². The highest BCUT2D eigenvalue weighted by Crippen LogP contribution is 2.35. The quantitative estimate of drug-likeness (QED) is 0.556. The lowest BCUT2D eigenvalue weighted by atomic mass is 10.1. The molecular formula is C22H22FNO4S. The maximum atomic E-state index is 14.4. The van der Waals surface area contributed by atoms with Gasteiger partial charge in [-0.1, -0.05) is 24.3 Å². The molecule has 0 N–H and O–H groups in total. The van der Waals surface area contributed by atoms with Crippen molar-refractivity contribution in [1.82, 2.24) is 0 Å². The minimum absolute atomic E-state index is 0.384. The predicted molar refractivity (Wildman–Crippen MR) is 110 cm³/mol. The molecule has 0 aromatic heterocycles. The molecular weight excluding hydrogens is 393 g/mol. The van der Waals surface area contributed by atoms with Crippen molar-refractivity contribution < 1.29 is 22.3 Å². The monoisotopic (exact) mass is 415 g/mol. The number of methoxy groups -OCH3 is 2. The lowest BCUT2D eigenvalue weighted by molar-refractivity contribution is 0.414. The normalized spacial score (nSPS) is 12.3. The van der Waals surface area contributed by atoms with Crippen molar-refractivity contribution in [1.29, 1.82) is 0 Å². The Hall–Kier alpha value is -3.06. The first-order valence-electron chi connectivity index (χ1n) is 8.95. The summed E-state index contributed by atoms with van der Waals surface area (Å²) in [5, 5.41) is 0. The van der Waals surface area contributed by atoms with E-state index in [4.69, 9.17) is 9.47 Å². The summed E-state index contributed by atoms with van der Waals surface area (Å²) in [6, 6.07) is 18.5. The van der Waals surface area contributed by atoms with E-state index in [-0.39, 0.29) is 4.90 Å². The van der Waals surface area contributed by atoms with Gasteiger partial charge < -0.3 is 9.47 Å². The molecule has 29 heavy (non-hydrogen) atoms. The van der Waals surface area contributed by atoms with Crippen LogP contribution in [-0.2, 0) is 10.0 Å². The molecule has 0 fully saturated rings. The molecule has 0 aliphatic heterocycles. The second-order valence-electron chi connectivity index (χ2n) is 6.38. The maximum absolute atomic E-state index is 14.4. The highest BCUT2D eigenvalue weighted by atomic mass is 32.2. The Balaban J connectivity index is 2.16. The van der Waals surface area contributed by atoms with Gasteiger partial charge in [0.05, 0.1) is 25.9 Å². The fraction of sp³-hybridized carbons (Fsp3) is 0.182. The van der Waals surface area contributed by atoms with Gasteiger partial charge >= 0.3 is 0 Å². The molecule has 0 amide bonds. The van der Waals surface area contributed by atoms with Crippen molar-refractivity contribution in [3.05, 3.63) is 84.2 Å². The van der Waals surface area contributed by atoms with Gasteiger partial charge in [0, 0.05) is 0 Å². The molecule has 0 radical (unpaired) electrons. The summed E-state index contributed by atoms with van der Waals surface area (Å²) in [4.78, 5) is -0.384. The van der Waals surface area contributed by atoms with E-state index in [0.29, 0.717) is 22.7 Å². The second-order valence-corrected chi connectivity index (χ2v) is 8.17. The number of rotatable bonds is 7. The van der Waals surface area contributed by atoms with E-state index in [1.807, 2.05) is 0 Å². The van der Waals surface area contributed by atoms with Gasteiger partial charge in [0.25, 0.3) is 10.0 Å². The van der Waals surface area contributed by atoms with Crippen LogP contribution in [0, 0.1) is 5.82 Å². The van der Waals surface area contributed by atoms with Crippen LogP contribution in [0.5, 0.6) is 11.5 Å². The molecule has 152 valence electrons. The largest absolute Gasteiger partial charge is 0.497 e. The zero-order chi connectivity index (χ0) is 21.0. The van der Waals surface area contributed by atoms with Crippen molar-refractivity contribution >= 4 is 15.7 Å². The van der Waals surface area contributed by atoms with E-state index in [9.17, 15) is 12.8 Å². The van der Waals surface area contributed by atoms with Crippen molar-refractivity contribution in [3.8, 4) is 11.5 Å². The first-order valence-corrected chi connectivity index (χ1v) is 10.4. The summed E-state index contributed by atoms with van der Waals surface area (Å²) < 4.78 is 53.1. The Morgan fingerprint density at radius 2 is 1.52 bits per heavy atom. The lowest BCUT2D eigenvalue weighted by Crippen LogP contribution is -2.34. The zero-order valence-electron chi connectivity index (χ0n) is 16.4. The molecule has 0 aliphatic rings. The molecule has 3 aromatic carbocycles. The number of ether oxygens (including phenoxy) is 2. The van der Waals surface area contributed by atoms with Crippen LogP contribution in [0.15, 0.2) is 77.7 Å². The van der Waals surface area contributed by atoms with Gasteiger partial charge in [0.1, 0.15) is 22.2 Å². The first kappa shape index (κ1) is 20.7. The number of sulfonamides is 1. The molecule has 0 spiro atoms. The van der Waals surface area contributed by atoms with E-state index in [2.05, 4.69) is 0 Å². The summed E-state index contributed by atoms with van der Waals surface area (Å²) in [6.45, 7) is 1.75. The number of halogens is 1. The Labute approximate surface area is 170 Å².